The second kappa shape index (κ2) is 4.38. The van der Waals surface area contributed by atoms with Gasteiger partial charge in [-0.05, 0) is 41.4 Å². The lowest BCUT2D eigenvalue weighted by Crippen LogP contribution is -2.46. The van der Waals surface area contributed by atoms with Gasteiger partial charge >= 0.3 is 0 Å². The van der Waals surface area contributed by atoms with Gasteiger partial charge in [-0.2, -0.15) is 0 Å². The molecule has 1 atom stereocenters. The lowest BCUT2D eigenvalue weighted by Gasteiger charge is -2.22. The Morgan fingerprint density at radius 2 is 2.31 bits per heavy atom. The van der Waals surface area contributed by atoms with Gasteiger partial charge in [-0.1, -0.05) is 0 Å². The van der Waals surface area contributed by atoms with Crippen LogP contribution in [0.5, 0.6) is 0 Å². The topological polar surface area (TPSA) is 55.4 Å². The first kappa shape index (κ1) is 12.5. The first-order valence-corrected chi connectivity index (χ1v) is 7.88. The van der Waals surface area contributed by atoms with Gasteiger partial charge in [0.25, 0.3) is 10.0 Å². The molecule has 1 aliphatic heterocycles. The highest BCUT2D eigenvalue weighted by Crippen LogP contribution is 2.28. The SMILES string of the molecule is CC1(NS(=O)(=O)c2ccc(Br)s2)CCOC1. The molecule has 1 aromatic rings. The van der Waals surface area contributed by atoms with Gasteiger partial charge in [0.2, 0.25) is 0 Å². The summed E-state index contributed by atoms with van der Waals surface area (Å²) in [4.78, 5) is 0. The van der Waals surface area contributed by atoms with Crippen molar-refractivity contribution in [1.82, 2.24) is 4.72 Å². The van der Waals surface area contributed by atoms with Crippen molar-refractivity contribution in [3.8, 4) is 0 Å². The first-order chi connectivity index (χ1) is 7.41. The third kappa shape index (κ3) is 2.65. The normalized spacial score (nSPS) is 26.1. The van der Waals surface area contributed by atoms with Crippen LogP contribution >= 0.6 is 27.3 Å². The number of nitrogens with one attached hydrogen (secondary N) is 1. The van der Waals surface area contributed by atoms with Crippen LogP contribution in [0.15, 0.2) is 20.1 Å². The van der Waals surface area contributed by atoms with Gasteiger partial charge in [0.1, 0.15) is 4.21 Å². The number of hydrogen-bond donors (Lipinski definition) is 1. The van der Waals surface area contributed by atoms with Crippen molar-refractivity contribution >= 4 is 37.3 Å². The Bertz CT molecular complexity index is 477. The summed E-state index contributed by atoms with van der Waals surface area (Å²) in [7, 11) is -3.42. The molecule has 7 heteroatoms. The molecule has 0 aliphatic carbocycles. The average molecular weight is 326 g/mol. The van der Waals surface area contributed by atoms with E-state index >= 15 is 0 Å². The molecule has 0 amide bonds. The maximum absolute atomic E-state index is 12.0. The van der Waals surface area contributed by atoms with Crippen LogP contribution in [-0.2, 0) is 14.8 Å². The zero-order chi connectivity index (χ0) is 11.8. The zero-order valence-corrected chi connectivity index (χ0v) is 11.9. The Labute approximate surface area is 107 Å². The Kier molecular flexibility index (Phi) is 3.42. The fourth-order valence-electron chi connectivity index (χ4n) is 1.56. The van der Waals surface area contributed by atoms with Crippen molar-refractivity contribution in [2.75, 3.05) is 13.2 Å². The monoisotopic (exact) mass is 325 g/mol. The molecule has 4 nitrogen and oxygen atoms in total. The summed E-state index contributed by atoms with van der Waals surface area (Å²) in [6, 6.07) is 3.32. The Morgan fingerprint density at radius 3 is 2.81 bits per heavy atom. The maximum atomic E-state index is 12.0. The zero-order valence-electron chi connectivity index (χ0n) is 8.70. The molecule has 0 bridgehead atoms. The first-order valence-electron chi connectivity index (χ1n) is 4.78. The van der Waals surface area contributed by atoms with Crippen LogP contribution in [0.4, 0.5) is 0 Å². The maximum Gasteiger partial charge on any atom is 0.250 e. The minimum Gasteiger partial charge on any atom is -0.379 e. The molecule has 0 radical (unpaired) electrons. The van der Waals surface area contributed by atoms with E-state index in [2.05, 4.69) is 20.7 Å². The van der Waals surface area contributed by atoms with Crippen LogP contribution in [-0.4, -0.2) is 27.2 Å². The van der Waals surface area contributed by atoms with E-state index in [9.17, 15) is 8.42 Å². The quantitative estimate of drug-likeness (QED) is 0.924. The van der Waals surface area contributed by atoms with E-state index in [1.807, 2.05) is 6.92 Å². The van der Waals surface area contributed by atoms with Gasteiger partial charge in [-0.15, -0.1) is 11.3 Å². The summed E-state index contributed by atoms with van der Waals surface area (Å²) in [6.07, 6.45) is 0.707. The third-order valence-electron chi connectivity index (χ3n) is 2.41. The van der Waals surface area contributed by atoms with E-state index in [1.54, 1.807) is 12.1 Å². The van der Waals surface area contributed by atoms with Crippen LogP contribution in [0.25, 0.3) is 0 Å². The highest BCUT2D eigenvalue weighted by atomic mass is 79.9. The molecule has 2 rings (SSSR count). The smallest absolute Gasteiger partial charge is 0.250 e. The van der Waals surface area contributed by atoms with Gasteiger partial charge in [-0.3, -0.25) is 0 Å². The molecule has 1 aliphatic rings. The highest BCUT2D eigenvalue weighted by Gasteiger charge is 2.35. The third-order valence-corrected chi connectivity index (χ3v) is 6.17. The molecule has 0 spiro atoms. The second-order valence-electron chi connectivity index (χ2n) is 4.03. The van der Waals surface area contributed by atoms with E-state index in [0.29, 0.717) is 23.8 Å². The molecule has 1 aromatic heterocycles. The summed E-state index contributed by atoms with van der Waals surface area (Å²) >= 11 is 4.45. The molecule has 1 unspecified atom stereocenters. The van der Waals surface area contributed by atoms with Crippen LogP contribution in [0, 0.1) is 0 Å². The highest BCUT2D eigenvalue weighted by molar-refractivity contribution is 9.11. The molecule has 0 saturated carbocycles. The molecule has 1 saturated heterocycles. The lowest BCUT2D eigenvalue weighted by atomic mass is 10.0. The number of ether oxygens (including phenoxy) is 1. The largest absolute Gasteiger partial charge is 0.379 e. The summed E-state index contributed by atoms with van der Waals surface area (Å²) in [5.41, 5.74) is -0.477. The standard InChI is InChI=1S/C9H12BrNO3S2/c1-9(4-5-14-6-9)11-16(12,13)8-3-2-7(10)15-8/h2-3,11H,4-6H2,1H3. The van der Waals surface area contributed by atoms with E-state index < -0.39 is 15.6 Å². The summed E-state index contributed by atoms with van der Waals surface area (Å²) in [5.74, 6) is 0. The van der Waals surface area contributed by atoms with Crippen molar-refractivity contribution in [2.45, 2.75) is 23.1 Å². The van der Waals surface area contributed by atoms with Crippen LogP contribution < -0.4 is 4.72 Å². The fraction of sp³-hybridized carbons (Fsp3) is 0.556. The van der Waals surface area contributed by atoms with Crippen molar-refractivity contribution < 1.29 is 13.2 Å². The minimum absolute atomic E-state index is 0.326. The van der Waals surface area contributed by atoms with Gasteiger partial charge in [0.15, 0.2) is 0 Å². The van der Waals surface area contributed by atoms with Crippen molar-refractivity contribution in [1.29, 1.82) is 0 Å². The molecule has 2 heterocycles. The van der Waals surface area contributed by atoms with Crippen LogP contribution in [0.3, 0.4) is 0 Å². The molecular weight excluding hydrogens is 314 g/mol. The van der Waals surface area contributed by atoms with E-state index in [0.717, 1.165) is 3.79 Å². The second-order valence-corrected chi connectivity index (χ2v) is 8.40. The van der Waals surface area contributed by atoms with E-state index in [1.165, 1.54) is 11.3 Å². The summed E-state index contributed by atoms with van der Waals surface area (Å²) in [6.45, 7) is 2.89. The lowest BCUT2D eigenvalue weighted by molar-refractivity contribution is 0.178. The number of sulfonamides is 1. The average Bonchev–Trinajstić information content (AvgIpc) is 2.74. The van der Waals surface area contributed by atoms with Crippen molar-refractivity contribution in [3.05, 3.63) is 15.9 Å². The molecule has 1 N–H and O–H groups in total. The van der Waals surface area contributed by atoms with Crippen LogP contribution in [0.2, 0.25) is 0 Å². The van der Waals surface area contributed by atoms with Crippen molar-refractivity contribution in [3.63, 3.8) is 0 Å². The van der Waals surface area contributed by atoms with Crippen LogP contribution in [0.1, 0.15) is 13.3 Å². The van der Waals surface area contributed by atoms with Gasteiger partial charge < -0.3 is 4.74 Å². The van der Waals surface area contributed by atoms with Gasteiger partial charge in [0, 0.05) is 6.61 Å². The minimum atomic E-state index is -3.42. The molecule has 0 aromatic carbocycles. The fourth-order valence-corrected chi connectivity index (χ4v) is 5.00. The Hall–Kier alpha value is 0.0500. The Morgan fingerprint density at radius 1 is 1.56 bits per heavy atom. The number of thiophene rings is 1. The van der Waals surface area contributed by atoms with Gasteiger partial charge in [-0.25, -0.2) is 13.1 Å². The van der Waals surface area contributed by atoms with E-state index in [-0.39, 0.29) is 0 Å². The predicted molar refractivity (Wildman–Crippen MR) is 66.2 cm³/mol. The number of hydrogen-bond acceptors (Lipinski definition) is 4. The molecule has 90 valence electrons. The van der Waals surface area contributed by atoms with E-state index in [4.69, 9.17) is 4.74 Å². The predicted octanol–water partition coefficient (Wildman–Crippen LogP) is 1.97. The molecule has 16 heavy (non-hydrogen) atoms. The summed E-state index contributed by atoms with van der Waals surface area (Å²) < 4.78 is 33.1. The van der Waals surface area contributed by atoms with Gasteiger partial charge in [0.05, 0.1) is 15.9 Å². The number of rotatable bonds is 3. The Balaban J connectivity index is 2.20. The summed E-state index contributed by atoms with van der Waals surface area (Å²) in [5, 5.41) is 0. The molecule has 1 fully saturated rings. The number of halogens is 1. The molecular formula is C9H12BrNO3S2. The van der Waals surface area contributed by atoms with Crippen molar-refractivity contribution in [2.24, 2.45) is 0 Å².